The quantitative estimate of drug-likeness (QED) is 0.229. The summed E-state index contributed by atoms with van der Waals surface area (Å²) in [7, 11) is -4.48. The van der Waals surface area contributed by atoms with Gasteiger partial charge >= 0.3 is 45.9 Å². The normalized spacial score (nSPS) is 12.2. The van der Waals surface area contributed by atoms with Gasteiger partial charge in [0.1, 0.15) is 0 Å². The summed E-state index contributed by atoms with van der Waals surface area (Å²) >= 11 is 0. The summed E-state index contributed by atoms with van der Waals surface area (Å²) in [5, 5.41) is 10.3. The summed E-state index contributed by atoms with van der Waals surface area (Å²) in [6, 6.07) is 0. The van der Waals surface area contributed by atoms with E-state index in [-0.39, 0.29) is 29.6 Å². The number of hydrogen-bond donors (Lipinski definition) is 0. The Morgan fingerprint density at radius 1 is 0.821 bits per heavy atom. The van der Waals surface area contributed by atoms with E-state index in [0.29, 0.717) is 12.8 Å². The molecule has 0 aromatic rings. The number of carboxylic acids is 1. The minimum atomic E-state index is -4.48. The van der Waals surface area contributed by atoms with Gasteiger partial charge in [0.25, 0.3) is 0 Å². The van der Waals surface area contributed by atoms with Crippen molar-refractivity contribution < 1.29 is 61.0 Å². The van der Waals surface area contributed by atoms with Crippen molar-refractivity contribution >= 4 is 22.3 Å². The summed E-state index contributed by atoms with van der Waals surface area (Å²) in [5.41, 5.74) is 0. The van der Waals surface area contributed by atoms with Gasteiger partial charge in [-0.15, -0.1) is 0 Å². The molecular formula is C19H35NaO7S. The number of carbonyl (C=O) groups excluding carboxylic acids is 2. The van der Waals surface area contributed by atoms with Crippen LogP contribution >= 0.6 is 0 Å². The van der Waals surface area contributed by atoms with Gasteiger partial charge in [-0.1, -0.05) is 78.1 Å². The fourth-order valence-electron chi connectivity index (χ4n) is 2.74. The van der Waals surface area contributed by atoms with E-state index in [4.69, 9.17) is 4.18 Å². The number of hydrogen-bond acceptors (Lipinski definition) is 7. The second-order valence-electron chi connectivity index (χ2n) is 6.86. The van der Waals surface area contributed by atoms with Gasteiger partial charge in [0.2, 0.25) is 0 Å². The first-order valence-corrected chi connectivity index (χ1v) is 11.5. The maximum atomic E-state index is 11.9. The van der Waals surface area contributed by atoms with Crippen molar-refractivity contribution in [3.63, 3.8) is 0 Å². The third-order valence-electron chi connectivity index (χ3n) is 4.24. The zero-order valence-electron chi connectivity index (χ0n) is 17.7. The second-order valence-corrected chi connectivity index (χ2v) is 8.04. The largest absolute Gasteiger partial charge is 1.00 e. The Hall–Kier alpha value is -0.150. The third-order valence-corrected chi connectivity index (χ3v) is 5.14. The molecular weight excluding hydrogens is 395 g/mol. The van der Waals surface area contributed by atoms with Crippen LogP contribution in [0, 0.1) is 0 Å². The van der Waals surface area contributed by atoms with Crippen LogP contribution in [0.4, 0.5) is 0 Å². The molecule has 0 aliphatic heterocycles. The number of carbonyl (C=O) groups is 2. The molecule has 0 radical (unpaired) electrons. The van der Waals surface area contributed by atoms with Gasteiger partial charge in [-0.05, 0) is 19.3 Å². The van der Waals surface area contributed by atoms with Crippen LogP contribution in [0.2, 0.25) is 0 Å². The van der Waals surface area contributed by atoms with Gasteiger partial charge in [-0.3, -0.25) is 4.79 Å². The molecule has 0 heterocycles. The Labute approximate surface area is 192 Å². The van der Waals surface area contributed by atoms with Crippen molar-refractivity contribution in [2.45, 2.75) is 110 Å². The molecule has 0 N–H and O–H groups in total. The number of aliphatic carboxylic acids is 1. The second kappa shape index (κ2) is 18.9. The zero-order valence-corrected chi connectivity index (χ0v) is 20.6. The van der Waals surface area contributed by atoms with Gasteiger partial charge in [-0.25, -0.2) is 4.18 Å². The molecule has 0 bridgehead atoms. The summed E-state index contributed by atoms with van der Waals surface area (Å²) < 4.78 is 33.2. The molecule has 0 saturated heterocycles. The van der Waals surface area contributed by atoms with Crippen molar-refractivity contribution in [1.29, 1.82) is 0 Å². The molecule has 0 aromatic heterocycles. The number of carboxylic acid groups (broad SMARTS) is 1. The maximum absolute atomic E-state index is 11.9. The van der Waals surface area contributed by atoms with Crippen molar-refractivity contribution in [3.8, 4) is 0 Å². The van der Waals surface area contributed by atoms with Crippen molar-refractivity contribution in [3.05, 3.63) is 0 Å². The monoisotopic (exact) mass is 430 g/mol. The SMILES string of the molecule is CCCCCCCCCC(CCCCC)OS(=O)(=O)OC(=O)CCC(=O)[O-].[Na+]. The maximum Gasteiger partial charge on any atom is 1.00 e. The Morgan fingerprint density at radius 2 is 1.29 bits per heavy atom. The van der Waals surface area contributed by atoms with Crippen molar-refractivity contribution in [2.75, 3.05) is 0 Å². The molecule has 160 valence electrons. The van der Waals surface area contributed by atoms with E-state index in [1.165, 1.54) is 25.7 Å². The zero-order chi connectivity index (χ0) is 20.5. The molecule has 0 fully saturated rings. The molecule has 0 aliphatic carbocycles. The summed E-state index contributed by atoms with van der Waals surface area (Å²) in [5.74, 6) is -2.59. The molecule has 1 unspecified atom stereocenters. The van der Waals surface area contributed by atoms with Crippen molar-refractivity contribution in [2.24, 2.45) is 0 Å². The van der Waals surface area contributed by atoms with Gasteiger partial charge in [0, 0.05) is 5.97 Å². The predicted molar refractivity (Wildman–Crippen MR) is 101 cm³/mol. The minimum Gasteiger partial charge on any atom is -0.550 e. The first kappa shape index (κ1) is 30.0. The average molecular weight is 431 g/mol. The van der Waals surface area contributed by atoms with Crippen LogP contribution < -0.4 is 34.7 Å². The van der Waals surface area contributed by atoms with Crippen molar-refractivity contribution in [1.82, 2.24) is 0 Å². The standard InChI is InChI=1S/C19H36O7S.Na/c1-3-5-7-8-9-10-12-14-17(13-11-6-4-2)25-27(23,24)26-19(22)16-15-18(20)21;/h17H,3-16H2,1-2H3,(H,20,21);/q;+1/p-1. The molecule has 0 rings (SSSR count). The Bertz CT molecular complexity index is 508. The van der Waals surface area contributed by atoms with Gasteiger partial charge in [-0.2, -0.15) is 8.42 Å². The van der Waals surface area contributed by atoms with Crippen LogP contribution in [-0.2, 0) is 28.4 Å². The van der Waals surface area contributed by atoms with Crippen LogP contribution in [-0.4, -0.2) is 26.5 Å². The van der Waals surface area contributed by atoms with E-state index >= 15 is 0 Å². The Balaban J connectivity index is 0. The molecule has 0 spiro atoms. The smallest absolute Gasteiger partial charge is 0.550 e. The Morgan fingerprint density at radius 3 is 1.82 bits per heavy atom. The molecule has 0 aromatic carbocycles. The summed E-state index contributed by atoms with van der Waals surface area (Å²) in [6.07, 6.45) is 10.2. The van der Waals surface area contributed by atoms with Crippen LogP contribution in [0.5, 0.6) is 0 Å². The van der Waals surface area contributed by atoms with Crippen LogP contribution in [0.25, 0.3) is 0 Å². The number of rotatable bonds is 18. The molecule has 0 amide bonds. The van der Waals surface area contributed by atoms with E-state index in [1.807, 2.05) is 0 Å². The van der Waals surface area contributed by atoms with Crippen LogP contribution in [0.3, 0.4) is 0 Å². The first-order valence-electron chi connectivity index (χ1n) is 10.2. The molecule has 9 heteroatoms. The summed E-state index contributed by atoms with van der Waals surface area (Å²) in [4.78, 5) is 21.7. The fraction of sp³-hybridized carbons (Fsp3) is 0.895. The average Bonchev–Trinajstić information content (AvgIpc) is 2.58. The Kier molecular flexibility index (Phi) is 20.2. The van der Waals surface area contributed by atoms with E-state index < -0.39 is 41.3 Å². The van der Waals surface area contributed by atoms with Crippen LogP contribution in [0.15, 0.2) is 0 Å². The number of unbranched alkanes of at least 4 members (excludes halogenated alkanes) is 8. The molecule has 1 atom stereocenters. The topological polar surface area (TPSA) is 110 Å². The third kappa shape index (κ3) is 19.2. The van der Waals surface area contributed by atoms with Gasteiger partial charge in [0.15, 0.2) is 0 Å². The minimum absolute atomic E-state index is 0. The van der Waals surface area contributed by atoms with Gasteiger partial charge in [0.05, 0.1) is 12.5 Å². The van der Waals surface area contributed by atoms with E-state index in [9.17, 15) is 23.1 Å². The molecule has 0 saturated carbocycles. The van der Waals surface area contributed by atoms with Gasteiger partial charge < -0.3 is 14.1 Å². The first-order chi connectivity index (χ1) is 12.8. The van der Waals surface area contributed by atoms with E-state index in [2.05, 4.69) is 18.0 Å². The molecule has 7 nitrogen and oxygen atoms in total. The molecule has 28 heavy (non-hydrogen) atoms. The van der Waals surface area contributed by atoms with E-state index in [1.54, 1.807) is 0 Å². The van der Waals surface area contributed by atoms with E-state index in [0.717, 1.165) is 38.5 Å². The summed E-state index contributed by atoms with van der Waals surface area (Å²) in [6.45, 7) is 4.23. The molecule has 0 aliphatic rings. The fourth-order valence-corrected chi connectivity index (χ4v) is 3.61. The van der Waals surface area contributed by atoms with Crippen LogP contribution in [0.1, 0.15) is 104 Å². The predicted octanol–water partition coefficient (Wildman–Crippen LogP) is 0.415.